The second-order valence-electron chi connectivity index (χ2n) is 4.78. The molecule has 78 valence electrons. The number of nitriles is 1. The van der Waals surface area contributed by atoms with Crippen molar-refractivity contribution in [3.63, 3.8) is 0 Å². The van der Waals surface area contributed by atoms with E-state index in [1.807, 2.05) is 24.3 Å². The van der Waals surface area contributed by atoms with Crippen molar-refractivity contribution in [3.8, 4) is 11.8 Å². The third-order valence-electron chi connectivity index (χ3n) is 3.50. The number of hydrogen-bond donors (Lipinski definition) is 0. The van der Waals surface area contributed by atoms with Crippen LogP contribution in [0, 0.1) is 16.7 Å². The third-order valence-corrected chi connectivity index (χ3v) is 3.50. The summed E-state index contributed by atoms with van der Waals surface area (Å²) in [6, 6.07) is 10.3. The third kappa shape index (κ3) is 1.23. The Labute approximate surface area is 90.5 Å². The number of benzene rings is 1. The molecule has 0 heterocycles. The van der Waals surface area contributed by atoms with Crippen LogP contribution in [0.2, 0.25) is 0 Å². The molecule has 0 amide bonds. The van der Waals surface area contributed by atoms with Gasteiger partial charge in [0.1, 0.15) is 5.75 Å². The van der Waals surface area contributed by atoms with Crippen LogP contribution < -0.4 is 4.74 Å². The molecule has 1 atom stereocenters. The molecule has 1 unspecified atom stereocenters. The van der Waals surface area contributed by atoms with Gasteiger partial charge in [0.2, 0.25) is 0 Å². The topological polar surface area (TPSA) is 33.0 Å². The van der Waals surface area contributed by atoms with Crippen molar-refractivity contribution >= 4 is 0 Å². The van der Waals surface area contributed by atoms with Crippen LogP contribution in [0.1, 0.15) is 25.8 Å². The normalized spacial score (nSPS) is 26.8. The predicted molar refractivity (Wildman–Crippen MR) is 58.7 cm³/mol. The minimum atomic E-state index is -0.348. The molecule has 1 saturated carbocycles. The second kappa shape index (κ2) is 3.00. The molecule has 2 nitrogen and oxygen atoms in total. The molecular weight excluding hydrogens is 186 g/mol. The molecule has 15 heavy (non-hydrogen) atoms. The first-order chi connectivity index (χ1) is 7.07. The number of nitrogens with zero attached hydrogens (tertiary/aromatic N) is 1. The first-order valence-corrected chi connectivity index (χ1v) is 5.12. The van der Waals surface area contributed by atoms with Gasteiger partial charge in [-0.1, -0.05) is 32.0 Å². The number of methoxy groups -OCH3 is 1. The highest BCUT2D eigenvalue weighted by atomic mass is 16.5. The van der Waals surface area contributed by atoms with Gasteiger partial charge in [0.05, 0.1) is 18.6 Å². The second-order valence-corrected chi connectivity index (χ2v) is 4.78. The van der Waals surface area contributed by atoms with Gasteiger partial charge in [-0.05, 0) is 17.9 Å². The van der Waals surface area contributed by atoms with Gasteiger partial charge < -0.3 is 4.74 Å². The summed E-state index contributed by atoms with van der Waals surface area (Å²) in [6.07, 6.45) is 0.914. The van der Waals surface area contributed by atoms with Crippen molar-refractivity contribution in [1.82, 2.24) is 0 Å². The largest absolute Gasteiger partial charge is 0.496 e. The standard InChI is InChI=1S/C13H15NO/c1-12(2)8-13(12,9-14)10-6-4-5-7-11(10)15-3/h4-7H,8H2,1-3H3. The van der Waals surface area contributed by atoms with Gasteiger partial charge in [0, 0.05) is 5.56 Å². The lowest BCUT2D eigenvalue weighted by atomic mass is 9.89. The Kier molecular flexibility index (Phi) is 2.01. The minimum Gasteiger partial charge on any atom is -0.496 e. The Hall–Kier alpha value is -1.49. The van der Waals surface area contributed by atoms with Gasteiger partial charge in [0.15, 0.2) is 0 Å². The highest BCUT2D eigenvalue weighted by Crippen LogP contribution is 2.65. The zero-order chi connectivity index (χ0) is 11.1. The molecule has 1 aromatic rings. The van der Waals surface area contributed by atoms with Crippen molar-refractivity contribution in [3.05, 3.63) is 29.8 Å². The number of rotatable bonds is 2. The van der Waals surface area contributed by atoms with Crippen LogP contribution in [-0.4, -0.2) is 7.11 Å². The van der Waals surface area contributed by atoms with Gasteiger partial charge in [-0.2, -0.15) is 5.26 Å². The molecule has 1 aliphatic carbocycles. The number of hydrogen-bond acceptors (Lipinski definition) is 2. The smallest absolute Gasteiger partial charge is 0.123 e. The van der Waals surface area contributed by atoms with Crippen molar-refractivity contribution in [2.24, 2.45) is 5.41 Å². The van der Waals surface area contributed by atoms with E-state index in [1.165, 1.54) is 0 Å². The van der Waals surface area contributed by atoms with E-state index in [2.05, 4.69) is 19.9 Å². The van der Waals surface area contributed by atoms with Crippen molar-refractivity contribution in [1.29, 1.82) is 5.26 Å². The zero-order valence-electron chi connectivity index (χ0n) is 9.37. The fourth-order valence-corrected chi connectivity index (χ4v) is 2.33. The fraction of sp³-hybridized carbons (Fsp3) is 0.462. The van der Waals surface area contributed by atoms with Crippen LogP contribution >= 0.6 is 0 Å². The molecule has 0 N–H and O–H groups in total. The minimum absolute atomic E-state index is 0.0659. The molecular formula is C13H15NO. The molecule has 0 aromatic heterocycles. The average molecular weight is 201 g/mol. The summed E-state index contributed by atoms with van der Waals surface area (Å²) < 4.78 is 5.32. The van der Waals surface area contributed by atoms with Crippen LogP contribution in [-0.2, 0) is 5.41 Å². The summed E-state index contributed by atoms with van der Waals surface area (Å²) >= 11 is 0. The summed E-state index contributed by atoms with van der Waals surface area (Å²) in [5, 5.41) is 9.36. The molecule has 0 radical (unpaired) electrons. The maximum atomic E-state index is 9.36. The van der Waals surface area contributed by atoms with E-state index in [0.717, 1.165) is 17.7 Å². The van der Waals surface area contributed by atoms with E-state index in [4.69, 9.17) is 4.74 Å². The Balaban J connectivity index is 2.52. The van der Waals surface area contributed by atoms with Crippen LogP contribution in [0.4, 0.5) is 0 Å². The van der Waals surface area contributed by atoms with Gasteiger partial charge in [0.25, 0.3) is 0 Å². The number of para-hydroxylation sites is 1. The summed E-state index contributed by atoms with van der Waals surface area (Å²) in [6.45, 7) is 4.26. The van der Waals surface area contributed by atoms with Crippen LogP contribution in [0.15, 0.2) is 24.3 Å². The van der Waals surface area contributed by atoms with Crippen molar-refractivity contribution in [2.75, 3.05) is 7.11 Å². The van der Waals surface area contributed by atoms with Gasteiger partial charge in [-0.3, -0.25) is 0 Å². The molecule has 2 rings (SSSR count). The van der Waals surface area contributed by atoms with Crippen molar-refractivity contribution in [2.45, 2.75) is 25.7 Å². The lowest BCUT2D eigenvalue weighted by Gasteiger charge is -2.15. The van der Waals surface area contributed by atoms with E-state index in [1.54, 1.807) is 7.11 Å². The Bertz CT molecular complexity index is 430. The van der Waals surface area contributed by atoms with E-state index >= 15 is 0 Å². The van der Waals surface area contributed by atoms with E-state index < -0.39 is 0 Å². The SMILES string of the molecule is COc1ccccc1C1(C#N)CC1(C)C. The van der Waals surface area contributed by atoms with Crippen LogP contribution in [0.3, 0.4) is 0 Å². The molecule has 1 aliphatic rings. The quantitative estimate of drug-likeness (QED) is 0.737. The summed E-state index contributed by atoms with van der Waals surface area (Å²) in [4.78, 5) is 0. The van der Waals surface area contributed by atoms with Gasteiger partial charge >= 0.3 is 0 Å². The zero-order valence-corrected chi connectivity index (χ0v) is 9.37. The molecule has 2 heteroatoms. The number of ether oxygens (including phenoxy) is 1. The molecule has 0 bridgehead atoms. The Morgan fingerprint density at radius 3 is 2.40 bits per heavy atom. The summed E-state index contributed by atoms with van der Waals surface area (Å²) in [5.41, 5.74) is 0.746. The Morgan fingerprint density at radius 1 is 1.33 bits per heavy atom. The lowest BCUT2D eigenvalue weighted by Crippen LogP contribution is -2.12. The first-order valence-electron chi connectivity index (χ1n) is 5.12. The summed E-state index contributed by atoms with van der Waals surface area (Å²) in [5.74, 6) is 0.824. The molecule has 0 saturated heterocycles. The van der Waals surface area contributed by atoms with Crippen molar-refractivity contribution < 1.29 is 4.74 Å². The van der Waals surface area contributed by atoms with Gasteiger partial charge in [-0.15, -0.1) is 0 Å². The van der Waals surface area contributed by atoms with E-state index in [9.17, 15) is 5.26 Å². The van der Waals surface area contributed by atoms with E-state index in [-0.39, 0.29) is 10.8 Å². The maximum absolute atomic E-state index is 9.36. The maximum Gasteiger partial charge on any atom is 0.123 e. The first kappa shape index (κ1) is 10.0. The summed E-state index contributed by atoms with van der Waals surface area (Å²) in [7, 11) is 1.65. The molecule has 0 spiro atoms. The molecule has 0 aliphatic heterocycles. The molecule has 1 fully saturated rings. The van der Waals surface area contributed by atoms with Crippen LogP contribution in [0.25, 0.3) is 0 Å². The van der Waals surface area contributed by atoms with Crippen LogP contribution in [0.5, 0.6) is 5.75 Å². The highest BCUT2D eigenvalue weighted by molar-refractivity contribution is 5.51. The Morgan fingerprint density at radius 2 is 1.93 bits per heavy atom. The molecule has 1 aromatic carbocycles. The van der Waals surface area contributed by atoms with E-state index in [0.29, 0.717) is 0 Å². The lowest BCUT2D eigenvalue weighted by molar-refractivity contribution is 0.403. The average Bonchev–Trinajstić information content (AvgIpc) is 2.82. The highest BCUT2D eigenvalue weighted by Gasteiger charge is 2.64. The monoisotopic (exact) mass is 201 g/mol. The fourth-order valence-electron chi connectivity index (χ4n) is 2.33. The van der Waals surface area contributed by atoms with Gasteiger partial charge in [-0.25, -0.2) is 0 Å². The predicted octanol–water partition coefficient (Wildman–Crippen LogP) is 2.89.